The minimum atomic E-state index is -0.546. The Labute approximate surface area is 114 Å². The number of nitrogens with zero attached hydrogens (tertiary/aromatic N) is 1. The van der Waals surface area contributed by atoms with Crippen LogP contribution in [-0.4, -0.2) is 55.1 Å². The third-order valence-corrected chi connectivity index (χ3v) is 3.18. The molecule has 2 unspecified atom stereocenters. The Balaban J connectivity index is 2.66. The number of hydrogen-bond acceptors (Lipinski definition) is 4. The van der Waals surface area contributed by atoms with Crippen LogP contribution in [0, 0.1) is 0 Å². The lowest BCUT2D eigenvalue weighted by Crippen LogP contribution is -2.59. The first-order valence-corrected chi connectivity index (χ1v) is 7.03. The minimum absolute atomic E-state index is 0.151. The summed E-state index contributed by atoms with van der Waals surface area (Å²) in [5.41, 5.74) is 5.86. The highest BCUT2D eigenvalue weighted by atomic mass is 16.5. The quantitative estimate of drug-likeness (QED) is 0.704. The first-order valence-electron chi connectivity index (χ1n) is 7.03. The van der Waals surface area contributed by atoms with Crippen molar-refractivity contribution in [1.29, 1.82) is 0 Å². The van der Waals surface area contributed by atoms with Gasteiger partial charge in [0.15, 0.2) is 0 Å². The van der Waals surface area contributed by atoms with Gasteiger partial charge in [0, 0.05) is 13.1 Å². The van der Waals surface area contributed by atoms with Crippen LogP contribution in [0.15, 0.2) is 0 Å². The second kappa shape index (κ2) is 8.12. The molecule has 2 atom stereocenters. The predicted molar refractivity (Wildman–Crippen MR) is 72.5 cm³/mol. The van der Waals surface area contributed by atoms with E-state index in [4.69, 9.17) is 10.5 Å². The summed E-state index contributed by atoms with van der Waals surface area (Å²) in [6.07, 6.45) is 2.35. The highest BCUT2D eigenvalue weighted by Crippen LogP contribution is 2.10. The van der Waals surface area contributed by atoms with Crippen LogP contribution in [0.5, 0.6) is 0 Å². The maximum atomic E-state index is 12.2. The fraction of sp³-hybridized carbons (Fsp3) is 0.846. The summed E-state index contributed by atoms with van der Waals surface area (Å²) in [5, 5.41) is 2.80. The fourth-order valence-electron chi connectivity index (χ4n) is 2.10. The Hall–Kier alpha value is -1.14. The van der Waals surface area contributed by atoms with Crippen LogP contribution in [0.1, 0.15) is 33.1 Å². The molecule has 0 saturated carbocycles. The Kier molecular flexibility index (Phi) is 6.80. The van der Waals surface area contributed by atoms with Gasteiger partial charge in [-0.3, -0.25) is 9.59 Å². The van der Waals surface area contributed by atoms with Gasteiger partial charge in [-0.2, -0.15) is 0 Å². The van der Waals surface area contributed by atoms with E-state index in [1.54, 1.807) is 4.90 Å². The SMILES string of the molecule is CCCNC(=O)C1COCCN1C(=O)C(N)CCC. The summed E-state index contributed by atoms with van der Waals surface area (Å²) in [6, 6.07) is -1.07. The number of carbonyl (C=O) groups excluding carboxylic acids is 2. The van der Waals surface area contributed by atoms with Crippen molar-refractivity contribution in [2.75, 3.05) is 26.3 Å². The van der Waals surface area contributed by atoms with Gasteiger partial charge in [-0.15, -0.1) is 0 Å². The Morgan fingerprint density at radius 3 is 2.79 bits per heavy atom. The molecule has 0 aromatic heterocycles. The van der Waals surface area contributed by atoms with E-state index in [0.717, 1.165) is 12.8 Å². The van der Waals surface area contributed by atoms with E-state index in [2.05, 4.69) is 5.32 Å². The molecule has 19 heavy (non-hydrogen) atoms. The van der Waals surface area contributed by atoms with Gasteiger partial charge >= 0.3 is 0 Å². The molecule has 0 aromatic carbocycles. The van der Waals surface area contributed by atoms with Gasteiger partial charge in [-0.25, -0.2) is 0 Å². The van der Waals surface area contributed by atoms with Crippen molar-refractivity contribution in [3.8, 4) is 0 Å². The van der Waals surface area contributed by atoms with Crippen LogP contribution in [0.2, 0.25) is 0 Å². The van der Waals surface area contributed by atoms with Gasteiger partial charge in [0.25, 0.3) is 0 Å². The summed E-state index contributed by atoms with van der Waals surface area (Å²) in [7, 11) is 0. The van der Waals surface area contributed by atoms with Gasteiger partial charge < -0.3 is 20.7 Å². The summed E-state index contributed by atoms with van der Waals surface area (Å²) in [5.74, 6) is -0.305. The summed E-state index contributed by atoms with van der Waals surface area (Å²) >= 11 is 0. The lowest BCUT2D eigenvalue weighted by molar-refractivity contribution is -0.149. The summed E-state index contributed by atoms with van der Waals surface area (Å²) < 4.78 is 5.31. The van der Waals surface area contributed by atoms with E-state index in [-0.39, 0.29) is 18.4 Å². The van der Waals surface area contributed by atoms with Crippen LogP contribution in [0.3, 0.4) is 0 Å². The zero-order valence-corrected chi connectivity index (χ0v) is 11.9. The van der Waals surface area contributed by atoms with Crippen LogP contribution in [0.25, 0.3) is 0 Å². The number of nitrogens with one attached hydrogen (secondary N) is 1. The lowest BCUT2D eigenvalue weighted by atomic mass is 10.1. The minimum Gasteiger partial charge on any atom is -0.377 e. The average Bonchev–Trinajstić information content (AvgIpc) is 2.44. The third-order valence-electron chi connectivity index (χ3n) is 3.18. The summed E-state index contributed by atoms with van der Waals surface area (Å²) in [6.45, 7) is 5.72. The first kappa shape index (κ1) is 15.9. The number of morpholine rings is 1. The molecule has 6 heteroatoms. The standard InChI is InChI=1S/C13H25N3O3/c1-3-5-10(14)13(18)16-7-8-19-9-11(16)12(17)15-6-4-2/h10-11H,3-9,14H2,1-2H3,(H,15,17). The maximum Gasteiger partial charge on any atom is 0.245 e. The molecule has 1 saturated heterocycles. The zero-order chi connectivity index (χ0) is 14.3. The molecule has 6 nitrogen and oxygen atoms in total. The van der Waals surface area contributed by atoms with Gasteiger partial charge in [0.1, 0.15) is 6.04 Å². The molecule has 1 aliphatic heterocycles. The molecule has 0 aliphatic carbocycles. The zero-order valence-electron chi connectivity index (χ0n) is 11.9. The molecule has 1 heterocycles. The van der Waals surface area contributed by atoms with Crippen LogP contribution >= 0.6 is 0 Å². The number of hydrogen-bond donors (Lipinski definition) is 2. The van der Waals surface area contributed by atoms with Crippen molar-refractivity contribution in [2.45, 2.75) is 45.2 Å². The number of carbonyl (C=O) groups is 2. The molecule has 0 bridgehead atoms. The smallest absolute Gasteiger partial charge is 0.245 e. The first-order chi connectivity index (χ1) is 9.11. The van der Waals surface area contributed by atoms with Gasteiger partial charge in [0.05, 0.1) is 19.3 Å². The van der Waals surface area contributed by atoms with Crippen LogP contribution < -0.4 is 11.1 Å². The molecule has 1 rings (SSSR count). The lowest BCUT2D eigenvalue weighted by Gasteiger charge is -2.36. The fourth-order valence-corrected chi connectivity index (χ4v) is 2.10. The number of nitrogens with two attached hydrogens (primary N) is 1. The maximum absolute atomic E-state index is 12.2. The van der Waals surface area contributed by atoms with E-state index in [1.807, 2.05) is 13.8 Å². The van der Waals surface area contributed by atoms with Crippen molar-refractivity contribution >= 4 is 11.8 Å². The predicted octanol–water partition coefficient (Wildman–Crippen LogP) is -0.133. The number of ether oxygens (including phenoxy) is 1. The molecular formula is C13H25N3O3. The van der Waals surface area contributed by atoms with Crippen molar-refractivity contribution < 1.29 is 14.3 Å². The largest absolute Gasteiger partial charge is 0.377 e. The monoisotopic (exact) mass is 271 g/mol. The Bertz CT molecular complexity index is 310. The molecule has 0 aromatic rings. The highest BCUT2D eigenvalue weighted by Gasteiger charge is 2.34. The van der Waals surface area contributed by atoms with Crippen LogP contribution in [-0.2, 0) is 14.3 Å². The third kappa shape index (κ3) is 4.47. The molecule has 110 valence electrons. The van der Waals surface area contributed by atoms with Gasteiger partial charge in [-0.05, 0) is 12.8 Å². The van der Waals surface area contributed by atoms with Crippen molar-refractivity contribution in [3.05, 3.63) is 0 Å². The average molecular weight is 271 g/mol. The Morgan fingerprint density at radius 1 is 1.42 bits per heavy atom. The molecule has 2 amide bonds. The highest BCUT2D eigenvalue weighted by molar-refractivity contribution is 5.90. The van der Waals surface area contributed by atoms with E-state index in [1.165, 1.54) is 0 Å². The van der Waals surface area contributed by atoms with E-state index in [0.29, 0.717) is 26.1 Å². The molecule has 0 radical (unpaired) electrons. The second-order valence-electron chi connectivity index (χ2n) is 4.81. The van der Waals surface area contributed by atoms with Crippen LogP contribution in [0.4, 0.5) is 0 Å². The Morgan fingerprint density at radius 2 is 2.16 bits per heavy atom. The second-order valence-corrected chi connectivity index (χ2v) is 4.81. The van der Waals surface area contributed by atoms with E-state index >= 15 is 0 Å². The molecule has 0 spiro atoms. The normalized spacial score (nSPS) is 21.0. The molecule has 1 fully saturated rings. The van der Waals surface area contributed by atoms with Gasteiger partial charge in [0.2, 0.25) is 11.8 Å². The number of rotatable bonds is 6. The van der Waals surface area contributed by atoms with Crippen molar-refractivity contribution in [3.63, 3.8) is 0 Å². The van der Waals surface area contributed by atoms with E-state index < -0.39 is 12.1 Å². The van der Waals surface area contributed by atoms with Crippen molar-refractivity contribution in [1.82, 2.24) is 10.2 Å². The van der Waals surface area contributed by atoms with Gasteiger partial charge in [-0.1, -0.05) is 20.3 Å². The molecule has 1 aliphatic rings. The topological polar surface area (TPSA) is 84.7 Å². The summed E-state index contributed by atoms with van der Waals surface area (Å²) in [4.78, 5) is 25.8. The van der Waals surface area contributed by atoms with E-state index in [9.17, 15) is 9.59 Å². The number of amides is 2. The molecule has 3 N–H and O–H groups in total. The van der Waals surface area contributed by atoms with Crippen molar-refractivity contribution in [2.24, 2.45) is 5.73 Å². The molecular weight excluding hydrogens is 246 g/mol.